The lowest BCUT2D eigenvalue weighted by atomic mass is 10.1. The summed E-state index contributed by atoms with van der Waals surface area (Å²) in [6.45, 7) is -0.636. The summed E-state index contributed by atoms with van der Waals surface area (Å²) in [4.78, 5) is 3.18. The average Bonchev–Trinajstić information content (AvgIpc) is 2.17. The molecule has 78 valence electrons. The Morgan fingerprint density at radius 2 is 2.21 bits per heavy atom. The van der Waals surface area contributed by atoms with Crippen LogP contribution >= 0.6 is 0 Å². The SMILES string of the molecule is COc1c(F)ncc(CO)c1C(F)F. The van der Waals surface area contributed by atoms with Gasteiger partial charge in [-0.25, -0.2) is 13.8 Å². The van der Waals surface area contributed by atoms with Crippen LogP contribution in [0.4, 0.5) is 13.2 Å². The Morgan fingerprint density at radius 3 is 2.64 bits per heavy atom. The number of aliphatic hydroxyl groups excluding tert-OH is 1. The summed E-state index contributed by atoms with van der Waals surface area (Å²) < 4.78 is 42.2. The maximum atomic E-state index is 12.9. The minimum atomic E-state index is -2.91. The number of hydrogen-bond donors (Lipinski definition) is 1. The third-order valence-electron chi connectivity index (χ3n) is 1.70. The first kappa shape index (κ1) is 10.8. The monoisotopic (exact) mass is 207 g/mol. The first-order valence-corrected chi connectivity index (χ1v) is 3.72. The maximum Gasteiger partial charge on any atom is 0.267 e. The number of aliphatic hydroxyl groups is 1. The summed E-state index contributed by atoms with van der Waals surface area (Å²) in [6, 6.07) is 0. The summed E-state index contributed by atoms with van der Waals surface area (Å²) in [6.07, 6.45) is -2.05. The Balaban J connectivity index is 3.36. The molecule has 1 rings (SSSR count). The van der Waals surface area contributed by atoms with Crippen molar-refractivity contribution >= 4 is 0 Å². The van der Waals surface area contributed by atoms with Gasteiger partial charge >= 0.3 is 0 Å². The normalized spacial score (nSPS) is 10.7. The molecule has 14 heavy (non-hydrogen) atoms. The number of rotatable bonds is 3. The van der Waals surface area contributed by atoms with E-state index in [1.54, 1.807) is 0 Å². The third-order valence-corrected chi connectivity index (χ3v) is 1.70. The van der Waals surface area contributed by atoms with Gasteiger partial charge in [-0.2, -0.15) is 4.39 Å². The van der Waals surface area contributed by atoms with Gasteiger partial charge in [0.2, 0.25) is 0 Å². The molecule has 0 aliphatic heterocycles. The second kappa shape index (κ2) is 4.28. The lowest BCUT2D eigenvalue weighted by Gasteiger charge is -2.11. The van der Waals surface area contributed by atoms with Crippen molar-refractivity contribution in [3.05, 3.63) is 23.3 Å². The predicted octanol–water partition coefficient (Wildman–Crippen LogP) is 1.66. The van der Waals surface area contributed by atoms with Gasteiger partial charge in [0.05, 0.1) is 19.3 Å². The van der Waals surface area contributed by atoms with Crippen molar-refractivity contribution in [2.75, 3.05) is 7.11 Å². The molecule has 0 radical (unpaired) electrons. The van der Waals surface area contributed by atoms with E-state index in [1.165, 1.54) is 0 Å². The quantitative estimate of drug-likeness (QED) is 0.766. The fraction of sp³-hybridized carbons (Fsp3) is 0.375. The van der Waals surface area contributed by atoms with E-state index in [2.05, 4.69) is 9.72 Å². The molecule has 1 aromatic heterocycles. The van der Waals surface area contributed by atoms with E-state index in [1.807, 2.05) is 0 Å². The molecule has 0 bridgehead atoms. The van der Waals surface area contributed by atoms with Gasteiger partial charge in [-0.1, -0.05) is 0 Å². The summed E-state index contributed by atoms with van der Waals surface area (Å²) in [5.41, 5.74) is -0.791. The molecular formula is C8H8F3NO2. The van der Waals surface area contributed by atoms with Gasteiger partial charge in [-0.05, 0) is 0 Å². The van der Waals surface area contributed by atoms with E-state index in [9.17, 15) is 13.2 Å². The predicted molar refractivity (Wildman–Crippen MR) is 41.6 cm³/mol. The largest absolute Gasteiger partial charge is 0.492 e. The van der Waals surface area contributed by atoms with Crippen LogP contribution in [-0.2, 0) is 6.61 Å². The summed E-state index contributed by atoms with van der Waals surface area (Å²) in [7, 11) is 1.06. The van der Waals surface area contributed by atoms with Gasteiger partial charge in [0.1, 0.15) is 0 Å². The van der Waals surface area contributed by atoms with Crippen molar-refractivity contribution in [2.45, 2.75) is 13.0 Å². The van der Waals surface area contributed by atoms with Gasteiger partial charge in [0.15, 0.2) is 5.75 Å². The van der Waals surface area contributed by atoms with Gasteiger partial charge in [-0.15, -0.1) is 0 Å². The summed E-state index contributed by atoms with van der Waals surface area (Å²) in [5.74, 6) is -1.73. The smallest absolute Gasteiger partial charge is 0.267 e. The number of ether oxygens (including phenoxy) is 1. The van der Waals surface area contributed by atoms with Crippen LogP contribution in [0.1, 0.15) is 17.6 Å². The molecular weight excluding hydrogens is 199 g/mol. The fourth-order valence-corrected chi connectivity index (χ4v) is 1.08. The summed E-state index contributed by atoms with van der Waals surface area (Å²) in [5, 5.41) is 8.73. The molecule has 6 heteroatoms. The number of aromatic nitrogens is 1. The molecule has 1 aromatic rings. The van der Waals surface area contributed by atoms with E-state index < -0.39 is 30.3 Å². The molecule has 0 saturated heterocycles. The minimum absolute atomic E-state index is 0.141. The van der Waals surface area contributed by atoms with E-state index in [-0.39, 0.29) is 5.56 Å². The highest BCUT2D eigenvalue weighted by Gasteiger charge is 2.22. The van der Waals surface area contributed by atoms with Gasteiger partial charge in [-0.3, -0.25) is 0 Å². The number of methoxy groups -OCH3 is 1. The van der Waals surface area contributed by atoms with Crippen LogP contribution in [0.25, 0.3) is 0 Å². The van der Waals surface area contributed by atoms with E-state index in [0.29, 0.717) is 0 Å². The van der Waals surface area contributed by atoms with Crippen molar-refractivity contribution < 1.29 is 23.0 Å². The number of hydrogen-bond acceptors (Lipinski definition) is 3. The van der Waals surface area contributed by atoms with E-state index in [0.717, 1.165) is 13.3 Å². The maximum absolute atomic E-state index is 12.9. The lowest BCUT2D eigenvalue weighted by Crippen LogP contribution is -2.03. The number of alkyl halides is 2. The van der Waals surface area contributed by atoms with Crippen LogP contribution in [-0.4, -0.2) is 17.2 Å². The molecule has 0 spiro atoms. The first-order chi connectivity index (χ1) is 6.61. The zero-order valence-electron chi connectivity index (χ0n) is 7.30. The zero-order chi connectivity index (χ0) is 10.7. The second-order valence-corrected chi connectivity index (χ2v) is 2.48. The molecule has 0 unspecified atom stereocenters. The van der Waals surface area contributed by atoms with E-state index in [4.69, 9.17) is 5.11 Å². The van der Waals surface area contributed by atoms with E-state index >= 15 is 0 Å². The van der Waals surface area contributed by atoms with Crippen LogP contribution in [0.2, 0.25) is 0 Å². The Morgan fingerprint density at radius 1 is 1.57 bits per heavy atom. The van der Waals surface area contributed by atoms with Crippen molar-refractivity contribution in [3.8, 4) is 5.75 Å². The number of nitrogens with zero attached hydrogens (tertiary/aromatic N) is 1. The highest BCUT2D eigenvalue weighted by Crippen LogP contribution is 2.33. The molecule has 0 aliphatic rings. The molecule has 1 N–H and O–H groups in total. The molecule has 0 aromatic carbocycles. The highest BCUT2D eigenvalue weighted by molar-refractivity contribution is 5.38. The van der Waals surface area contributed by atoms with Crippen LogP contribution in [0.5, 0.6) is 5.75 Å². The van der Waals surface area contributed by atoms with Gasteiger partial charge in [0.25, 0.3) is 12.4 Å². The lowest BCUT2D eigenvalue weighted by molar-refractivity contribution is 0.141. The Kier molecular flexibility index (Phi) is 3.29. The molecule has 0 aliphatic carbocycles. The van der Waals surface area contributed by atoms with Crippen molar-refractivity contribution in [1.29, 1.82) is 0 Å². The van der Waals surface area contributed by atoms with Gasteiger partial charge in [0, 0.05) is 11.8 Å². The third kappa shape index (κ3) is 1.79. The minimum Gasteiger partial charge on any atom is -0.492 e. The molecule has 3 nitrogen and oxygen atoms in total. The standard InChI is InChI=1S/C8H8F3NO2/c1-14-6-5(7(9)10)4(3-13)2-12-8(6)11/h2,7,13H,3H2,1H3. The van der Waals surface area contributed by atoms with Crippen LogP contribution < -0.4 is 4.74 Å². The Hall–Kier alpha value is -1.30. The topological polar surface area (TPSA) is 42.4 Å². The second-order valence-electron chi connectivity index (χ2n) is 2.48. The molecule has 0 fully saturated rings. The molecule has 1 heterocycles. The highest BCUT2D eigenvalue weighted by atomic mass is 19.3. The van der Waals surface area contributed by atoms with Gasteiger partial charge < -0.3 is 9.84 Å². The zero-order valence-corrected chi connectivity index (χ0v) is 7.30. The fourth-order valence-electron chi connectivity index (χ4n) is 1.08. The van der Waals surface area contributed by atoms with Crippen molar-refractivity contribution in [3.63, 3.8) is 0 Å². The number of halogens is 3. The average molecular weight is 207 g/mol. The molecule has 0 amide bonds. The Labute approximate surface area is 78.2 Å². The van der Waals surface area contributed by atoms with Crippen LogP contribution in [0.15, 0.2) is 6.20 Å². The summed E-state index contributed by atoms with van der Waals surface area (Å²) >= 11 is 0. The Bertz CT molecular complexity index is 331. The van der Waals surface area contributed by atoms with Crippen molar-refractivity contribution in [1.82, 2.24) is 4.98 Å². The molecule has 0 atom stereocenters. The number of pyridine rings is 1. The molecule has 0 saturated carbocycles. The van der Waals surface area contributed by atoms with Crippen LogP contribution in [0, 0.1) is 5.95 Å². The van der Waals surface area contributed by atoms with Crippen molar-refractivity contribution in [2.24, 2.45) is 0 Å². The first-order valence-electron chi connectivity index (χ1n) is 3.72. The van der Waals surface area contributed by atoms with Crippen LogP contribution in [0.3, 0.4) is 0 Å².